The van der Waals surface area contributed by atoms with E-state index in [1.165, 1.54) is 24.1 Å². The number of aliphatic hydroxyl groups is 2. The molecule has 9 heteroatoms. The molecule has 5 atom stereocenters. The number of alkyl halides is 1. The number of fused-ring (bicyclic) bond motifs is 1. The van der Waals surface area contributed by atoms with E-state index in [0.29, 0.717) is 11.2 Å². The highest BCUT2D eigenvalue weighted by molar-refractivity contribution is 5.81. The molecule has 0 amide bonds. The molecular formula is C11H14FN5O3. The quantitative estimate of drug-likeness (QED) is 0.672. The van der Waals surface area contributed by atoms with E-state index < -0.39 is 30.7 Å². The average Bonchev–Trinajstić information content (AvgIpc) is 2.94. The minimum absolute atomic E-state index is 0.185. The van der Waals surface area contributed by atoms with Gasteiger partial charge in [0.15, 0.2) is 23.9 Å². The number of hydrogen-bond donors (Lipinski definition) is 3. The zero-order valence-electron chi connectivity index (χ0n) is 10.6. The number of imidazole rings is 1. The van der Waals surface area contributed by atoms with Crippen LogP contribution in [0.4, 0.5) is 10.2 Å². The van der Waals surface area contributed by atoms with Crippen molar-refractivity contribution in [2.45, 2.75) is 37.6 Å². The number of anilines is 1. The fourth-order valence-electron chi connectivity index (χ4n) is 2.33. The highest BCUT2D eigenvalue weighted by Crippen LogP contribution is 2.34. The minimum atomic E-state index is -1.70. The highest BCUT2D eigenvalue weighted by atomic mass is 19.1. The number of ether oxygens (including phenoxy) is 1. The molecule has 20 heavy (non-hydrogen) atoms. The second kappa shape index (κ2) is 4.62. The van der Waals surface area contributed by atoms with Crippen molar-refractivity contribution in [1.29, 1.82) is 0 Å². The van der Waals surface area contributed by atoms with Gasteiger partial charge in [-0.05, 0) is 6.92 Å². The van der Waals surface area contributed by atoms with Crippen LogP contribution in [0.3, 0.4) is 0 Å². The standard InChI is InChI=1S/C11H14FN5O3/c1-4(18)8-5(12)7(19)11(20-8)17-3-16-6-9(13)14-2-15-10(6)17/h2-5,7-8,11,18-19H,1H3,(H2,13,14,15)/t4?,5-,7+,8+,11+/m0/s1. The van der Waals surface area contributed by atoms with Gasteiger partial charge in [0.2, 0.25) is 0 Å². The SMILES string of the molecule is CC(O)[C@H]1O[C@@H](n2cnc3c(N)ncnc32)[C@H](O)[C@@H]1F. The van der Waals surface area contributed by atoms with Gasteiger partial charge in [-0.1, -0.05) is 0 Å². The fraction of sp³-hybridized carbons (Fsp3) is 0.545. The Kier molecular flexibility index (Phi) is 3.04. The van der Waals surface area contributed by atoms with Crippen LogP contribution in [0.5, 0.6) is 0 Å². The van der Waals surface area contributed by atoms with Crippen LogP contribution >= 0.6 is 0 Å². The Balaban J connectivity index is 2.02. The first kappa shape index (κ1) is 13.2. The van der Waals surface area contributed by atoms with Crippen LogP contribution < -0.4 is 5.73 Å². The predicted octanol–water partition coefficient (Wildman–Crippen LogP) is -0.614. The van der Waals surface area contributed by atoms with Crippen molar-refractivity contribution in [2.75, 3.05) is 5.73 Å². The third-order valence-corrected chi connectivity index (χ3v) is 3.37. The van der Waals surface area contributed by atoms with Gasteiger partial charge in [-0.25, -0.2) is 19.3 Å². The molecule has 108 valence electrons. The van der Waals surface area contributed by atoms with Gasteiger partial charge in [-0.15, -0.1) is 0 Å². The van der Waals surface area contributed by atoms with Crippen LogP contribution in [0, 0.1) is 0 Å². The third-order valence-electron chi connectivity index (χ3n) is 3.37. The Hall–Kier alpha value is -1.84. The maximum atomic E-state index is 13.9. The molecule has 3 heterocycles. The topological polar surface area (TPSA) is 119 Å². The first-order valence-electron chi connectivity index (χ1n) is 6.09. The van der Waals surface area contributed by atoms with Gasteiger partial charge < -0.3 is 20.7 Å². The Morgan fingerprint density at radius 1 is 1.45 bits per heavy atom. The molecule has 1 unspecified atom stereocenters. The lowest BCUT2D eigenvalue weighted by Crippen LogP contribution is -2.33. The van der Waals surface area contributed by atoms with Crippen LogP contribution in [-0.2, 0) is 4.74 Å². The van der Waals surface area contributed by atoms with E-state index in [9.17, 15) is 14.6 Å². The van der Waals surface area contributed by atoms with Crippen LogP contribution in [-0.4, -0.2) is 54.2 Å². The molecule has 4 N–H and O–H groups in total. The number of nitrogens with two attached hydrogens (primary N) is 1. The van der Waals surface area contributed by atoms with Crippen molar-refractivity contribution >= 4 is 17.0 Å². The maximum absolute atomic E-state index is 13.9. The van der Waals surface area contributed by atoms with E-state index in [0.717, 1.165) is 0 Å². The van der Waals surface area contributed by atoms with Gasteiger partial charge in [0, 0.05) is 0 Å². The second-order valence-electron chi connectivity index (χ2n) is 4.75. The molecule has 0 bridgehead atoms. The molecule has 3 rings (SSSR count). The van der Waals surface area contributed by atoms with Crippen LogP contribution in [0.2, 0.25) is 0 Å². The summed E-state index contributed by atoms with van der Waals surface area (Å²) >= 11 is 0. The number of rotatable bonds is 2. The van der Waals surface area contributed by atoms with Gasteiger partial charge in [0.25, 0.3) is 0 Å². The molecule has 1 aliphatic heterocycles. The van der Waals surface area contributed by atoms with Gasteiger partial charge >= 0.3 is 0 Å². The number of halogens is 1. The number of nitrogens with zero attached hydrogens (tertiary/aromatic N) is 4. The normalized spacial score (nSPS) is 31.8. The van der Waals surface area contributed by atoms with E-state index >= 15 is 0 Å². The Morgan fingerprint density at radius 2 is 2.20 bits per heavy atom. The molecule has 0 spiro atoms. The molecule has 0 radical (unpaired) electrons. The number of nitrogen functional groups attached to an aromatic ring is 1. The summed E-state index contributed by atoms with van der Waals surface area (Å²) in [6.07, 6.45) is -3.70. The third kappa shape index (κ3) is 1.82. The lowest BCUT2D eigenvalue weighted by atomic mass is 10.1. The van der Waals surface area contributed by atoms with Crippen molar-refractivity contribution in [3.05, 3.63) is 12.7 Å². The summed E-state index contributed by atoms with van der Waals surface area (Å²) in [5.74, 6) is 0.185. The fourth-order valence-corrected chi connectivity index (χ4v) is 2.33. The van der Waals surface area contributed by atoms with Crippen molar-refractivity contribution in [3.63, 3.8) is 0 Å². The zero-order chi connectivity index (χ0) is 14.4. The number of aliphatic hydroxyl groups excluding tert-OH is 2. The van der Waals surface area contributed by atoms with Gasteiger partial charge in [-0.2, -0.15) is 0 Å². The lowest BCUT2D eigenvalue weighted by Gasteiger charge is -2.17. The minimum Gasteiger partial charge on any atom is -0.391 e. The summed E-state index contributed by atoms with van der Waals surface area (Å²) < 4.78 is 20.7. The van der Waals surface area contributed by atoms with E-state index in [-0.39, 0.29) is 5.82 Å². The molecule has 1 fully saturated rings. The summed E-state index contributed by atoms with van der Waals surface area (Å²) in [5, 5.41) is 19.4. The van der Waals surface area contributed by atoms with Gasteiger partial charge in [0.05, 0.1) is 12.4 Å². The zero-order valence-corrected chi connectivity index (χ0v) is 10.6. The highest BCUT2D eigenvalue weighted by Gasteiger charge is 2.47. The monoisotopic (exact) mass is 283 g/mol. The molecule has 2 aromatic heterocycles. The lowest BCUT2D eigenvalue weighted by molar-refractivity contribution is -0.0729. The Labute approximate surface area is 113 Å². The summed E-state index contributed by atoms with van der Waals surface area (Å²) in [7, 11) is 0. The molecule has 0 aromatic carbocycles. The summed E-state index contributed by atoms with van der Waals surface area (Å²) in [6.45, 7) is 1.40. The largest absolute Gasteiger partial charge is 0.391 e. The van der Waals surface area contributed by atoms with Crippen molar-refractivity contribution in [3.8, 4) is 0 Å². The van der Waals surface area contributed by atoms with E-state index in [2.05, 4.69) is 15.0 Å². The van der Waals surface area contributed by atoms with Gasteiger partial charge in [0.1, 0.15) is 24.1 Å². The van der Waals surface area contributed by atoms with Crippen molar-refractivity contribution in [2.24, 2.45) is 0 Å². The van der Waals surface area contributed by atoms with Gasteiger partial charge in [-0.3, -0.25) is 4.57 Å². The maximum Gasteiger partial charge on any atom is 0.167 e. The van der Waals surface area contributed by atoms with E-state index in [1.807, 2.05) is 0 Å². The first-order chi connectivity index (χ1) is 9.50. The number of aromatic nitrogens is 4. The van der Waals surface area contributed by atoms with Crippen LogP contribution in [0.15, 0.2) is 12.7 Å². The molecule has 2 aromatic rings. The number of hydrogen-bond acceptors (Lipinski definition) is 7. The molecule has 8 nitrogen and oxygen atoms in total. The summed E-state index contributed by atoms with van der Waals surface area (Å²) in [4.78, 5) is 11.8. The smallest absolute Gasteiger partial charge is 0.167 e. The second-order valence-corrected chi connectivity index (χ2v) is 4.75. The predicted molar refractivity (Wildman–Crippen MR) is 66.2 cm³/mol. The van der Waals surface area contributed by atoms with Crippen LogP contribution in [0.25, 0.3) is 11.2 Å². The average molecular weight is 283 g/mol. The molecular weight excluding hydrogens is 269 g/mol. The van der Waals surface area contributed by atoms with E-state index in [1.54, 1.807) is 0 Å². The molecule has 0 saturated carbocycles. The Bertz CT molecular complexity index is 634. The van der Waals surface area contributed by atoms with Crippen molar-refractivity contribution in [1.82, 2.24) is 19.5 Å². The summed E-state index contributed by atoms with van der Waals surface area (Å²) in [6, 6.07) is 0. The van der Waals surface area contributed by atoms with E-state index in [4.69, 9.17) is 10.5 Å². The Morgan fingerprint density at radius 3 is 2.85 bits per heavy atom. The first-order valence-corrected chi connectivity index (χ1v) is 6.09. The molecule has 1 aliphatic rings. The summed E-state index contributed by atoms with van der Waals surface area (Å²) in [5.41, 5.74) is 6.34. The molecule has 1 saturated heterocycles. The molecule has 0 aliphatic carbocycles. The van der Waals surface area contributed by atoms with Crippen LogP contribution in [0.1, 0.15) is 13.2 Å². The van der Waals surface area contributed by atoms with Crippen molar-refractivity contribution < 1.29 is 19.3 Å².